The number of thiocarbonyl (C=S) groups is 1. The van der Waals surface area contributed by atoms with E-state index in [1.165, 1.54) is 5.56 Å². The summed E-state index contributed by atoms with van der Waals surface area (Å²) >= 11 is 5.36. The first-order chi connectivity index (χ1) is 10.2. The van der Waals surface area contributed by atoms with Crippen LogP contribution in [-0.2, 0) is 0 Å². The van der Waals surface area contributed by atoms with Gasteiger partial charge in [-0.3, -0.25) is 4.98 Å². The number of rotatable bonds is 5. The van der Waals surface area contributed by atoms with Crippen LogP contribution in [0, 0.1) is 0 Å². The molecule has 1 heterocycles. The van der Waals surface area contributed by atoms with Crippen molar-refractivity contribution in [2.45, 2.75) is 19.4 Å². The zero-order chi connectivity index (χ0) is 15.1. The summed E-state index contributed by atoms with van der Waals surface area (Å²) in [6, 6.07) is 11.9. The van der Waals surface area contributed by atoms with Gasteiger partial charge in [-0.2, -0.15) is 0 Å². The molecule has 1 aromatic carbocycles. The van der Waals surface area contributed by atoms with E-state index in [0.717, 1.165) is 17.9 Å². The van der Waals surface area contributed by atoms with E-state index in [9.17, 15) is 0 Å². The molecule has 2 N–H and O–H groups in total. The van der Waals surface area contributed by atoms with Gasteiger partial charge in [0, 0.05) is 18.1 Å². The molecule has 21 heavy (non-hydrogen) atoms. The molecular formula is C16H19N3OS. The number of benzene rings is 1. The number of nitrogens with zero attached hydrogens (tertiary/aromatic N) is 1. The lowest BCUT2D eigenvalue weighted by Crippen LogP contribution is -2.32. The summed E-state index contributed by atoms with van der Waals surface area (Å²) in [6.07, 6.45) is 4.39. The van der Waals surface area contributed by atoms with Crippen LogP contribution in [0.3, 0.4) is 0 Å². The molecule has 0 saturated heterocycles. The molecule has 0 aliphatic rings. The summed E-state index contributed by atoms with van der Waals surface area (Å²) in [5.74, 6) is 0.853. The van der Waals surface area contributed by atoms with Crippen LogP contribution in [0.25, 0.3) is 0 Å². The Bertz CT molecular complexity index is 572. The van der Waals surface area contributed by atoms with E-state index < -0.39 is 0 Å². The SMILES string of the molecule is CC[C@H](NC(=S)Nc1ccncc1)c1ccc(OC)cc1. The van der Waals surface area contributed by atoms with Gasteiger partial charge in [0.05, 0.1) is 13.2 Å². The summed E-state index contributed by atoms with van der Waals surface area (Å²) in [7, 11) is 1.67. The van der Waals surface area contributed by atoms with Crippen LogP contribution in [-0.4, -0.2) is 17.2 Å². The Kier molecular flexibility index (Phi) is 5.51. The van der Waals surface area contributed by atoms with Crippen molar-refractivity contribution >= 4 is 23.0 Å². The first-order valence-corrected chi connectivity index (χ1v) is 7.25. The molecule has 0 bridgehead atoms. The average Bonchev–Trinajstić information content (AvgIpc) is 2.53. The Morgan fingerprint density at radius 1 is 1.19 bits per heavy atom. The maximum atomic E-state index is 5.36. The predicted octanol–water partition coefficient (Wildman–Crippen LogP) is 3.53. The molecule has 5 heteroatoms. The van der Waals surface area contributed by atoms with Crippen LogP contribution in [0.1, 0.15) is 24.9 Å². The summed E-state index contributed by atoms with van der Waals surface area (Å²) in [5.41, 5.74) is 2.10. The van der Waals surface area contributed by atoms with Gasteiger partial charge in [-0.1, -0.05) is 19.1 Å². The quantitative estimate of drug-likeness (QED) is 0.827. The van der Waals surface area contributed by atoms with Crippen LogP contribution < -0.4 is 15.4 Å². The third-order valence-electron chi connectivity index (χ3n) is 3.17. The van der Waals surface area contributed by atoms with Gasteiger partial charge in [-0.25, -0.2) is 0 Å². The van der Waals surface area contributed by atoms with Crippen LogP contribution in [0.4, 0.5) is 5.69 Å². The fourth-order valence-corrected chi connectivity index (χ4v) is 2.28. The normalized spacial score (nSPS) is 11.5. The molecule has 0 aliphatic heterocycles. The van der Waals surface area contributed by atoms with E-state index in [-0.39, 0.29) is 6.04 Å². The van der Waals surface area contributed by atoms with E-state index in [4.69, 9.17) is 17.0 Å². The van der Waals surface area contributed by atoms with Crippen molar-refractivity contribution < 1.29 is 4.74 Å². The number of hydrogen-bond acceptors (Lipinski definition) is 3. The number of ether oxygens (including phenoxy) is 1. The van der Waals surface area contributed by atoms with Gasteiger partial charge < -0.3 is 15.4 Å². The molecule has 2 aromatic rings. The molecule has 2 rings (SSSR count). The number of anilines is 1. The average molecular weight is 301 g/mol. The van der Waals surface area contributed by atoms with E-state index in [1.807, 2.05) is 24.3 Å². The van der Waals surface area contributed by atoms with Gasteiger partial charge in [0.15, 0.2) is 5.11 Å². The Morgan fingerprint density at radius 2 is 1.86 bits per heavy atom. The van der Waals surface area contributed by atoms with Crippen molar-refractivity contribution in [2.75, 3.05) is 12.4 Å². The zero-order valence-electron chi connectivity index (χ0n) is 12.2. The van der Waals surface area contributed by atoms with E-state index in [0.29, 0.717) is 5.11 Å². The van der Waals surface area contributed by atoms with Gasteiger partial charge in [-0.05, 0) is 48.5 Å². The van der Waals surface area contributed by atoms with Crippen LogP contribution >= 0.6 is 12.2 Å². The minimum Gasteiger partial charge on any atom is -0.497 e. The standard InChI is InChI=1S/C16H19N3OS/c1-3-15(12-4-6-14(20-2)7-5-12)19-16(21)18-13-8-10-17-11-9-13/h4-11,15H,3H2,1-2H3,(H2,17,18,19,21)/t15-/m0/s1. The van der Waals surface area contributed by atoms with Crippen molar-refractivity contribution in [3.05, 3.63) is 54.4 Å². The van der Waals surface area contributed by atoms with E-state index >= 15 is 0 Å². The second kappa shape index (κ2) is 7.59. The highest BCUT2D eigenvalue weighted by Gasteiger charge is 2.10. The van der Waals surface area contributed by atoms with E-state index in [1.54, 1.807) is 19.5 Å². The van der Waals surface area contributed by atoms with Crippen molar-refractivity contribution in [1.82, 2.24) is 10.3 Å². The molecule has 0 radical (unpaired) electrons. The molecule has 0 fully saturated rings. The molecule has 0 amide bonds. The van der Waals surface area contributed by atoms with Crippen molar-refractivity contribution in [1.29, 1.82) is 0 Å². The van der Waals surface area contributed by atoms with Crippen LogP contribution in [0.5, 0.6) is 5.75 Å². The summed E-state index contributed by atoms with van der Waals surface area (Å²) in [4.78, 5) is 3.98. The monoisotopic (exact) mass is 301 g/mol. The molecule has 4 nitrogen and oxygen atoms in total. The summed E-state index contributed by atoms with van der Waals surface area (Å²) in [5, 5.41) is 7.08. The first kappa shape index (κ1) is 15.3. The maximum Gasteiger partial charge on any atom is 0.171 e. The highest BCUT2D eigenvalue weighted by Crippen LogP contribution is 2.20. The molecule has 0 spiro atoms. The van der Waals surface area contributed by atoms with Crippen molar-refractivity contribution in [2.24, 2.45) is 0 Å². The summed E-state index contributed by atoms with van der Waals surface area (Å²) < 4.78 is 5.18. The van der Waals surface area contributed by atoms with Crippen molar-refractivity contribution in [3.63, 3.8) is 0 Å². The van der Waals surface area contributed by atoms with E-state index in [2.05, 4.69) is 34.7 Å². The predicted molar refractivity (Wildman–Crippen MR) is 89.6 cm³/mol. The molecule has 1 atom stereocenters. The fraction of sp³-hybridized carbons (Fsp3) is 0.250. The smallest absolute Gasteiger partial charge is 0.171 e. The topological polar surface area (TPSA) is 46.2 Å². The largest absolute Gasteiger partial charge is 0.497 e. The molecule has 1 aromatic heterocycles. The lowest BCUT2D eigenvalue weighted by Gasteiger charge is -2.20. The third kappa shape index (κ3) is 4.43. The highest BCUT2D eigenvalue weighted by molar-refractivity contribution is 7.80. The van der Waals surface area contributed by atoms with Crippen LogP contribution in [0.2, 0.25) is 0 Å². The Labute approximate surface area is 130 Å². The van der Waals surface area contributed by atoms with Crippen LogP contribution in [0.15, 0.2) is 48.8 Å². The Balaban J connectivity index is 1.99. The van der Waals surface area contributed by atoms with Gasteiger partial charge in [0.2, 0.25) is 0 Å². The first-order valence-electron chi connectivity index (χ1n) is 6.84. The minimum absolute atomic E-state index is 0.165. The molecular weight excluding hydrogens is 282 g/mol. The Hall–Kier alpha value is -2.14. The number of aromatic nitrogens is 1. The number of methoxy groups -OCH3 is 1. The molecule has 110 valence electrons. The number of pyridine rings is 1. The molecule has 0 aliphatic carbocycles. The third-order valence-corrected chi connectivity index (χ3v) is 3.39. The summed E-state index contributed by atoms with van der Waals surface area (Å²) in [6.45, 7) is 2.12. The fourth-order valence-electron chi connectivity index (χ4n) is 2.02. The van der Waals surface area contributed by atoms with Gasteiger partial charge in [0.25, 0.3) is 0 Å². The molecule has 0 unspecified atom stereocenters. The Morgan fingerprint density at radius 3 is 2.43 bits per heavy atom. The zero-order valence-corrected chi connectivity index (χ0v) is 13.0. The van der Waals surface area contributed by atoms with Gasteiger partial charge in [0.1, 0.15) is 5.75 Å². The second-order valence-corrected chi connectivity index (χ2v) is 4.98. The van der Waals surface area contributed by atoms with Crippen molar-refractivity contribution in [3.8, 4) is 5.75 Å². The van der Waals surface area contributed by atoms with Gasteiger partial charge in [-0.15, -0.1) is 0 Å². The lowest BCUT2D eigenvalue weighted by atomic mass is 10.0. The minimum atomic E-state index is 0.165. The number of hydrogen-bond donors (Lipinski definition) is 2. The maximum absolute atomic E-state index is 5.36. The molecule has 0 saturated carbocycles. The highest BCUT2D eigenvalue weighted by atomic mass is 32.1. The number of nitrogens with one attached hydrogen (secondary N) is 2. The second-order valence-electron chi connectivity index (χ2n) is 4.57. The lowest BCUT2D eigenvalue weighted by molar-refractivity contribution is 0.414. The van der Waals surface area contributed by atoms with Gasteiger partial charge >= 0.3 is 0 Å².